The largest absolute Gasteiger partial charge is 0.390 e. The molecule has 2 rings (SSSR count). The van der Waals surface area contributed by atoms with Gasteiger partial charge in [0, 0.05) is 16.0 Å². The van der Waals surface area contributed by atoms with Gasteiger partial charge in [-0.25, -0.2) is 0 Å². The van der Waals surface area contributed by atoms with Crippen molar-refractivity contribution in [3.05, 3.63) is 80.8 Å². The molecule has 2 nitrogen and oxygen atoms in total. The molecule has 0 bridgehead atoms. The van der Waals surface area contributed by atoms with Gasteiger partial charge in [0.15, 0.2) is 0 Å². The van der Waals surface area contributed by atoms with E-state index in [4.69, 9.17) is 4.99 Å². The van der Waals surface area contributed by atoms with Crippen molar-refractivity contribution in [3.8, 4) is 0 Å². The van der Waals surface area contributed by atoms with Crippen LogP contribution >= 0.6 is 15.9 Å². The zero-order valence-corrected chi connectivity index (χ0v) is 21.8. The number of hydrogen-bond acceptors (Lipinski definition) is 2. The number of aliphatic hydroxyl groups is 1. The molecule has 2 aromatic rings. The van der Waals surface area contributed by atoms with Crippen molar-refractivity contribution in [3.63, 3.8) is 0 Å². The van der Waals surface area contributed by atoms with Gasteiger partial charge in [0.05, 0.1) is 18.4 Å². The molecule has 0 spiro atoms. The van der Waals surface area contributed by atoms with Crippen LogP contribution in [0.2, 0.25) is 0 Å². The summed E-state index contributed by atoms with van der Waals surface area (Å²) in [4.78, 5) is 4.93. The number of aliphatic imine (C=N–C) groups is 1. The van der Waals surface area contributed by atoms with Gasteiger partial charge in [0.1, 0.15) is 0 Å². The molecule has 0 fully saturated rings. The summed E-state index contributed by atoms with van der Waals surface area (Å²) in [5.41, 5.74) is 6.59. The maximum Gasteiger partial charge on any atom is 0.0854 e. The second kappa shape index (κ2) is 15.1. The first kappa shape index (κ1) is 28.3. The maximum atomic E-state index is 9.97. The van der Waals surface area contributed by atoms with E-state index in [1.54, 1.807) is 0 Å². The predicted molar refractivity (Wildman–Crippen MR) is 138 cm³/mol. The first-order chi connectivity index (χ1) is 14.4. The first-order valence-electron chi connectivity index (χ1n) is 11.0. The SMILES string of the molecule is CC.CC.CC=CC(c1cc(Br)ccc1C)C(C)N=C(CO)c1cc(C)ccc1C. The lowest BCUT2D eigenvalue weighted by Crippen LogP contribution is -2.18. The number of aryl methyl sites for hydroxylation is 3. The van der Waals surface area contributed by atoms with E-state index in [9.17, 15) is 5.11 Å². The minimum absolute atomic E-state index is 0.0151. The molecule has 0 saturated heterocycles. The number of nitrogens with zero attached hydrogens (tertiary/aromatic N) is 1. The van der Waals surface area contributed by atoms with Crippen molar-refractivity contribution in [2.24, 2.45) is 4.99 Å². The van der Waals surface area contributed by atoms with Crippen LogP contribution < -0.4 is 0 Å². The van der Waals surface area contributed by atoms with Gasteiger partial charge in [-0.1, -0.05) is 79.5 Å². The molecule has 1 N–H and O–H groups in total. The number of aliphatic hydroxyl groups excluding tert-OH is 1. The molecular formula is C27H40BrNO. The highest BCUT2D eigenvalue weighted by atomic mass is 79.9. The van der Waals surface area contributed by atoms with Crippen molar-refractivity contribution in [1.82, 2.24) is 0 Å². The summed E-state index contributed by atoms with van der Waals surface area (Å²) in [6, 6.07) is 12.7. The molecular weight excluding hydrogens is 434 g/mol. The van der Waals surface area contributed by atoms with E-state index in [2.05, 4.69) is 92.2 Å². The topological polar surface area (TPSA) is 32.6 Å². The first-order valence-corrected chi connectivity index (χ1v) is 11.8. The van der Waals surface area contributed by atoms with Crippen molar-refractivity contribution < 1.29 is 5.11 Å². The van der Waals surface area contributed by atoms with Gasteiger partial charge in [0.2, 0.25) is 0 Å². The molecule has 0 aliphatic carbocycles. The maximum absolute atomic E-state index is 9.97. The summed E-state index contributed by atoms with van der Waals surface area (Å²) in [6.45, 7) is 18.3. The second-order valence-corrected chi connectivity index (χ2v) is 7.76. The van der Waals surface area contributed by atoms with Crippen LogP contribution in [-0.2, 0) is 0 Å². The molecule has 2 atom stereocenters. The van der Waals surface area contributed by atoms with Crippen LogP contribution in [-0.4, -0.2) is 23.5 Å². The molecule has 0 amide bonds. The quantitative estimate of drug-likeness (QED) is 0.334. The minimum Gasteiger partial charge on any atom is -0.390 e. The van der Waals surface area contributed by atoms with Crippen molar-refractivity contribution in [1.29, 1.82) is 0 Å². The number of hydrogen-bond donors (Lipinski definition) is 1. The van der Waals surface area contributed by atoms with E-state index >= 15 is 0 Å². The Kier molecular flexibility index (Phi) is 14.3. The molecule has 166 valence electrons. The van der Waals surface area contributed by atoms with Crippen LogP contribution in [0.3, 0.4) is 0 Å². The monoisotopic (exact) mass is 473 g/mol. The highest BCUT2D eigenvalue weighted by molar-refractivity contribution is 9.10. The van der Waals surface area contributed by atoms with Gasteiger partial charge < -0.3 is 5.11 Å². The van der Waals surface area contributed by atoms with Gasteiger partial charge in [0.25, 0.3) is 0 Å². The van der Waals surface area contributed by atoms with Crippen molar-refractivity contribution in [2.45, 2.75) is 74.3 Å². The Balaban J connectivity index is 0.00000198. The summed E-state index contributed by atoms with van der Waals surface area (Å²) in [5.74, 6) is 0.157. The van der Waals surface area contributed by atoms with Crippen LogP contribution in [0.25, 0.3) is 0 Å². The minimum atomic E-state index is -0.0609. The third-order valence-corrected chi connectivity index (χ3v) is 5.23. The van der Waals surface area contributed by atoms with Crippen LogP contribution in [0.15, 0.2) is 58.0 Å². The Morgan fingerprint density at radius 1 is 1.00 bits per heavy atom. The van der Waals surface area contributed by atoms with Crippen LogP contribution in [0, 0.1) is 20.8 Å². The second-order valence-electron chi connectivity index (χ2n) is 6.85. The Bertz CT molecular complexity index is 824. The molecule has 30 heavy (non-hydrogen) atoms. The molecule has 0 aliphatic heterocycles. The third-order valence-electron chi connectivity index (χ3n) is 4.73. The van der Waals surface area contributed by atoms with Gasteiger partial charge in [-0.15, -0.1) is 0 Å². The van der Waals surface area contributed by atoms with Crippen LogP contribution in [0.1, 0.15) is 75.3 Å². The molecule has 0 radical (unpaired) electrons. The van der Waals surface area contributed by atoms with E-state index < -0.39 is 0 Å². The summed E-state index contributed by atoms with van der Waals surface area (Å²) in [5, 5.41) is 9.97. The van der Waals surface area contributed by atoms with E-state index in [0.717, 1.165) is 21.3 Å². The molecule has 0 aliphatic rings. The molecule has 0 aromatic heterocycles. The Morgan fingerprint density at radius 3 is 2.17 bits per heavy atom. The Morgan fingerprint density at radius 2 is 1.60 bits per heavy atom. The van der Waals surface area contributed by atoms with Crippen LogP contribution in [0.4, 0.5) is 0 Å². The lowest BCUT2D eigenvalue weighted by atomic mass is 9.89. The fourth-order valence-electron chi connectivity index (χ4n) is 3.27. The fourth-order valence-corrected chi connectivity index (χ4v) is 3.65. The zero-order valence-electron chi connectivity index (χ0n) is 20.3. The summed E-state index contributed by atoms with van der Waals surface area (Å²) >= 11 is 3.58. The van der Waals surface area contributed by atoms with Crippen molar-refractivity contribution >= 4 is 21.6 Å². The zero-order chi connectivity index (χ0) is 23.3. The normalized spacial score (nSPS) is 13.1. The van der Waals surface area contributed by atoms with Gasteiger partial charge in [-0.3, -0.25) is 4.99 Å². The van der Waals surface area contributed by atoms with E-state index in [-0.39, 0.29) is 18.6 Å². The van der Waals surface area contributed by atoms with Gasteiger partial charge in [-0.2, -0.15) is 0 Å². The molecule has 2 aromatic carbocycles. The molecule has 2 unspecified atom stereocenters. The predicted octanol–water partition coefficient (Wildman–Crippen LogP) is 7.96. The van der Waals surface area contributed by atoms with E-state index in [1.165, 1.54) is 16.7 Å². The average Bonchev–Trinajstić information content (AvgIpc) is 2.76. The van der Waals surface area contributed by atoms with Gasteiger partial charge in [-0.05, 0) is 69.5 Å². The third kappa shape index (κ3) is 8.20. The lowest BCUT2D eigenvalue weighted by Gasteiger charge is -2.22. The number of halogens is 1. The smallest absolute Gasteiger partial charge is 0.0854 e. The summed E-state index contributed by atoms with van der Waals surface area (Å²) < 4.78 is 1.07. The van der Waals surface area contributed by atoms with E-state index in [1.807, 2.05) is 34.6 Å². The number of allylic oxidation sites excluding steroid dienone is 1. The number of benzene rings is 2. The van der Waals surface area contributed by atoms with Crippen molar-refractivity contribution in [2.75, 3.05) is 6.61 Å². The lowest BCUT2D eigenvalue weighted by molar-refractivity contribution is 0.356. The molecule has 0 heterocycles. The highest BCUT2D eigenvalue weighted by Gasteiger charge is 2.19. The van der Waals surface area contributed by atoms with Gasteiger partial charge >= 0.3 is 0 Å². The molecule has 0 saturated carbocycles. The Labute approximate surface area is 193 Å². The molecule has 3 heteroatoms. The standard InChI is InChI=1S/C23H28BrNO.2C2H6/c1-6-7-20(21-13-19(24)11-10-16(21)3)18(5)25-23(14-26)22-12-15(2)8-9-17(22)4;2*1-2/h6-13,18,20,26H,14H2,1-5H3;2*1-2H3. The van der Waals surface area contributed by atoms with Crippen LogP contribution in [0.5, 0.6) is 0 Å². The number of rotatable bonds is 6. The average molecular weight is 475 g/mol. The highest BCUT2D eigenvalue weighted by Crippen LogP contribution is 2.29. The summed E-state index contributed by atoms with van der Waals surface area (Å²) in [6.07, 6.45) is 4.27. The fraction of sp³-hybridized carbons (Fsp3) is 0.444. The van der Waals surface area contributed by atoms with E-state index in [0.29, 0.717) is 0 Å². The summed E-state index contributed by atoms with van der Waals surface area (Å²) in [7, 11) is 0. The Hall–Kier alpha value is -1.71.